The largest absolute Gasteiger partial charge is 0.380 e. The Bertz CT molecular complexity index is 721. The number of anilines is 1. The minimum atomic E-state index is 0.728. The molecule has 96 valence electrons. The Labute approximate surface area is 124 Å². The van der Waals surface area contributed by atoms with E-state index in [-0.39, 0.29) is 0 Å². The molecule has 3 aromatic rings. The van der Waals surface area contributed by atoms with Gasteiger partial charge < -0.3 is 10.3 Å². The molecule has 0 radical (unpaired) electrons. The molecule has 0 atom stereocenters. The Morgan fingerprint density at radius 1 is 1.11 bits per heavy atom. The van der Waals surface area contributed by atoms with E-state index in [1.165, 1.54) is 10.9 Å². The number of H-pyrrole nitrogens is 1. The predicted molar refractivity (Wildman–Crippen MR) is 84.8 cm³/mol. The molecule has 2 aromatic carbocycles. The molecule has 19 heavy (non-hydrogen) atoms. The van der Waals surface area contributed by atoms with E-state index in [4.69, 9.17) is 11.6 Å². The number of nitrogens with one attached hydrogen (secondary N) is 2. The van der Waals surface area contributed by atoms with Gasteiger partial charge in [0.15, 0.2) is 0 Å². The molecule has 2 N–H and O–H groups in total. The van der Waals surface area contributed by atoms with Gasteiger partial charge in [0.1, 0.15) is 0 Å². The summed E-state index contributed by atoms with van der Waals surface area (Å²) in [6, 6.07) is 14.2. The first-order chi connectivity index (χ1) is 9.22. The van der Waals surface area contributed by atoms with Crippen LogP contribution in [0.1, 0.15) is 5.56 Å². The fourth-order valence-corrected chi connectivity index (χ4v) is 2.59. The van der Waals surface area contributed by atoms with Gasteiger partial charge in [-0.3, -0.25) is 0 Å². The normalized spacial score (nSPS) is 10.8. The molecular weight excluding hydrogens is 324 g/mol. The molecule has 0 aliphatic heterocycles. The van der Waals surface area contributed by atoms with Crippen molar-refractivity contribution in [3.8, 4) is 0 Å². The number of hydrogen-bond acceptors (Lipinski definition) is 1. The molecule has 1 heterocycles. The van der Waals surface area contributed by atoms with Crippen molar-refractivity contribution in [2.24, 2.45) is 0 Å². The summed E-state index contributed by atoms with van der Waals surface area (Å²) in [5.74, 6) is 0. The van der Waals surface area contributed by atoms with Gasteiger partial charge >= 0.3 is 0 Å². The number of benzene rings is 2. The van der Waals surface area contributed by atoms with Crippen LogP contribution in [0.3, 0.4) is 0 Å². The Morgan fingerprint density at radius 2 is 2.00 bits per heavy atom. The zero-order valence-electron chi connectivity index (χ0n) is 10.1. The molecule has 0 saturated carbocycles. The third kappa shape index (κ3) is 2.77. The van der Waals surface area contributed by atoms with Gasteiger partial charge in [-0.1, -0.05) is 33.6 Å². The number of hydrogen-bond donors (Lipinski definition) is 2. The average Bonchev–Trinajstić information content (AvgIpc) is 2.87. The van der Waals surface area contributed by atoms with Gasteiger partial charge in [0.05, 0.1) is 10.7 Å². The molecule has 1 aromatic heterocycles. The van der Waals surface area contributed by atoms with Crippen LogP contribution in [0.25, 0.3) is 10.9 Å². The summed E-state index contributed by atoms with van der Waals surface area (Å²) >= 11 is 9.60. The molecule has 3 rings (SSSR count). The lowest BCUT2D eigenvalue weighted by atomic mass is 10.1. The smallest absolute Gasteiger partial charge is 0.0638 e. The van der Waals surface area contributed by atoms with Crippen LogP contribution >= 0.6 is 27.5 Å². The van der Waals surface area contributed by atoms with Gasteiger partial charge in [0.2, 0.25) is 0 Å². The first-order valence-corrected chi connectivity index (χ1v) is 7.14. The van der Waals surface area contributed by atoms with Crippen molar-refractivity contribution in [1.82, 2.24) is 4.98 Å². The van der Waals surface area contributed by atoms with E-state index >= 15 is 0 Å². The van der Waals surface area contributed by atoms with Crippen LogP contribution in [0.5, 0.6) is 0 Å². The maximum absolute atomic E-state index is 6.15. The zero-order chi connectivity index (χ0) is 13.2. The van der Waals surface area contributed by atoms with E-state index in [0.717, 1.165) is 27.2 Å². The molecule has 0 saturated heterocycles. The van der Waals surface area contributed by atoms with E-state index in [1.54, 1.807) is 0 Å². The monoisotopic (exact) mass is 334 g/mol. The summed E-state index contributed by atoms with van der Waals surface area (Å²) < 4.78 is 1.01. The summed E-state index contributed by atoms with van der Waals surface area (Å²) in [4.78, 5) is 3.19. The van der Waals surface area contributed by atoms with Crippen LogP contribution < -0.4 is 5.32 Å². The quantitative estimate of drug-likeness (QED) is 0.677. The first kappa shape index (κ1) is 12.6. The van der Waals surface area contributed by atoms with Gasteiger partial charge in [-0.05, 0) is 47.3 Å². The van der Waals surface area contributed by atoms with Gasteiger partial charge in [-0.2, -0.15) is 0 Å². The SMILES string of the molecule is Clc1ccc(Br)cc1NCc1ccc2[nH]ccc2c1. The fourth-order valence-electron chi connectivity index (χ4n) is 2.04. The number of fused-ring (bicyclic) bond motifs is 1. The summed E-state index contributed by atoms with van der Waals surface area (Å²) in [6.45, 7) is 0.747. The molecule has 2 nitrogen and oxygen atoms in total. The van der Waals surface area contributed by atoms with Crippen molar-refractivity contribution in [3.05, 3.63) is 63.7 Å². The van der Waals surface area contributed by atoms with Crippen molar-refractivity contribution >= 4 is 44.1 Å². The molecule has 0 aliphatic carbocycles. The highest BCUT2D eigenvalue weighted by Crippen LogP contribution is 2.26. The Kier molecular flexibility index (Phi) is 3.49. The van der Waals surface area contributed by atoms with Crippen LogP contribution in [-0.2, 0) is 6.54 Å². The number of aromatic nitrogens is 1. The van der Waals surface area contributed by atoms with E-state index in [2.05, 4.69) is 50.5 Å². The molecule has 0 aliphatic rings. The Balaban J connectivity index is 1.79. The topological polar surface area (TPSA) is 27.8 Å². The molecule has 0 fully saturated rings. The van der Waals surface area contributed by atoms with Crippen molar-refractivity contribution < 1.29 is 0 Å². The Hall–Kier alpha value is -1.45. The van der Waals surface area contributed by atoms with Crippen molar-refractivity contribution in [2.75, 3.05) is 5.32 Å². The average molecular weight is 336 g/mol. The fraction of sp³-hybridized carbons (Fsp3) is 0.0667. The third-order valence-electron chi connectivity index (χ3n) is 3.03. The molecule has 4 heteroatoms. The Morgan fingerprint density at radius 3 is 2.89 bits per heavy atom. The minimum absolute atomic E-state index is 0.728. The van der Waals surface area contributed by atoms with Crippen LogP contribution in [0.15, 0.2) is 53.1 Å². The maximum Gasteiger partial charge on any atom is 0.0638 e. The molecule has 0 amide bonds. The summed E-state index contributed by atoms with van der Waals surface area (Å²) in [5.41, 5.74) is 3.32. The van der Waals surface area contributed by atoms with Gasteiger partial charge in [-0.25, -0.2) is 0 Å². The van der Waals surface area contributed by atoms with Crippen molar-refractivity contribution in [3.63, 3.8) is 0 Å². The lowest BCUT2D eigenvalue weighted by molar-refractivity contribution is 1.15. The highest BCUT2D eigenvalue weighted by Gasteiger charge is 2.02. The highest BCUT2D eigenvalue weighted by atomic mass is 79.9. The van der Waals surface area contributed by atoms with Crippen LogP contribution in [-0.4, -0.2) is 4.98 Å². The van der Waals surface area contributed by atoms with Gasteiger partial charge in [0.25, 0.3) is 0 Å². The van der Waals surface area contributed by atoms with Crippen molar-refractivity contribution in [1.29, 1.82) is 0 Å². The summed E-state index contributed by atoms with van der Waals surface area (Å²) in [5, 5.41) is 5.30. The number of rotatable bonds is 3. The maximum atomic E-state index is 6.15. The first-order valence-electron chi connectivity index (χ1n) is 5.97. The van der Waals surface area contributed by atoms with E-state index < -0.39 is 0 Å². The third-order valence-corrected chi connectivity index (χ3v) is 3.85. The molecule has 0 unspecified atom stereocenters. The lowest BCUT2D eigenvalue weighted by Crippen LogP contribution is -1.99. The number of halogens is 2. The van der Waals surface area contributed by atoms with Crippen LogP contribution in [0, 0.1) is 0 Å². The van der Waals surface area contributed by atoms with Crippen molar-refractivity contribution in [2.45, 2.75) is 6.54 Å². The highest BCUT2D eigenvalue weighted by molar-refractivity contribution is 9.10. The molecule has 0 bridgehead atoms. The summed E-state index contributed by atoms with van der Waals surface area (Å²) in [7, 11) is 0. The van der Waals surface area contributed by atoms with E-state index in [9.17, 15) is 0 Å². The standard InChI is InChI=1S/C15H12BrClN2/c16-12-2-3-13(17)15(8-12)19-9-10-1-4-14-11(7-10)5-6-18-14/h1-8,18-19H,9H2. The minimum Gasteiger partial charge on any atom is -0.380 e. The summed E-state index contributed by atoms with van der Waals surface area (Å²) in [6.07, 6.45) is 1.95. The second-order valence-electron chi connectivity index (χ2n) is 4.38. The van der Waals surface area contributed by atoms with E-state index in [0.29, 0.717) is 0 Å². The second kappa shape index (κ2) is 5.27. The number of aromatic amines is 1. The predicted octanol–water partition coefficient (Wildman–Crippen LogP) is 5.20. The molecular formula is C15H12BrClN2. The van der Waals surface area contributed by atoms with Crippen LogP contribution in [0.4, 0.5) is 5.69 Å². The zero-order valence-corrected chi connectivity index (χ0v) is 12.4. The van der Waals surface area contributed by atoms with Gasteiger partial charge in [0, 0.05) is 22.7 Å². The lowest BCUT2D eigenvalue weighted by Gasteiger charge is -2.09. The van der Waals surface area contributed by atoms with Crippen LogP contribution in [0.2, 0.25) is 5.02 Å². The van der Waals surface area contributed by atoms with Gasteiger partial charge in [-0.15, -0.1) is 0 Å². The molecule has 0 spiro atoms. The second-order valence-corrected chi connectivity index (χ2v) is 5.70. The van der Waals surface area contributed by atoms with E-state index in [1.807, 2.05) is 24.4 Å².